The number of hydrogen-bond acceptors (Lipinski definition) is 14. The molecule has 0 radical (unpaired) electrons. The summed E-state index contributed by atoms with van der Waals surface area (Å²) >= 11 is 23.7. The number of nitrogens with two attached hydrogens (primary N) is 2. The Morgan fingerprint density at radius 1 is 0.542 bits per heavy atom. The molecule has 0 saturated carbocycles. The third kappa shape index (κ3) is 22.4. The van der Waals surface area contributed by atoms with E-state index >= 15 is 0 Å². The fourth-order valence-electron chi connectivity index (χ4n) is 8.57. The molecule has 22 heteroatoms. The number of unbranched alkanes of at least 4 members (excludes halogenated alkanes) is 9. The first kappa shape index (κ1) is 65.0. The Morgan fingerprint density at radius 3 is 1.15 bits per heavy atom. The van der Waals surface area contributed by atoms with Gasteiger partial charge in [-0.2, -0.15) is 0 Å². The number of halogens is 6. The van der Waals surface area contributed by atoms with Crippen molar-refractivity contribution >= 4 is 118 Å². The molecule has 2 aliphatic rings. The number of ether oxygens (including phenoxy) is 2. The van der Waals surface area contributed by atoms with Crippen LogP contribution in [-0.4, -0.2) is 159 Å². The third-order valence-electron chi connectivity index (χ3n) is 12.5. The number of benzene rings is 2. The molecule has 16 nitrogen and oxygen atoms in total. The van der Waals surface area contributed by atoms with Crippen LogP contribution >= 0.6 is 71.2 Å². The fourth-order valence-corrected chi connectivity index (χ4v) is 9.39. The summed E-state index contributed by atoms with van der Waals surface area (Å²) in [5, 5.41) is 6.45. The number of imide groups is 2. The summed E-state index contributed by atoms with van der Waals surface area (Å²) in [6.45, 7) is 3.71. The van der Waals surface area contributed by atoms with Crippen molar-refractivity contribution < 1.29 is 38.2 Å². The lowest BCUT2D eigenvalue weighted by molar-refractivity contribution is -0.149. The van der Waals surface area contributed by atoms with Crippen molar-refractivity contribution in [1.29, 1.82) is 0 Å². The molecule has 4 atom stereocenters. The molecule has 0 bridgehead atoms. The third-order valence-corrected chi connectivity index (χ3v) is 13.2. The van der Waals surface area contributed by atoms with Crippen LogP contribution in [0.4, 0.5) is 11.4 Å². The van der Waals surface area contributed by atoms with Crippen LogP contribution in [0.25, 0.3) is 0 Å². The number of esters is 2. The van der Waals surface area contributed by atoms with Crippen molar-refractivity contribution in [3.05, 3.63) is 59.7 Å². The lowest BCUT2D eigenvalue weighted by Gasteiger charge is -2.23. The van der Waals surface area contributed by atoms with E-state index in [2.05, 4.69) is 20.4 Å². The maximum atomic E-state index is 12.9. The standard InChI is InChI=1S/C50H74Cl4N8O8.2ClH/c51-19-25-59(26-20-52)39-15-11-37(12-16-39)33-41(55)49(67)69-31-29-61-45(63)35-43(47(61)65)57-23-9-7-5-3-1-2-4-6-8-10-24-58-44-36-46(64)62(48(44)66)30-32-70-50(68)42(56)34-38-13-17-40(18-14-38)60(27-21-53)28-22-54;;/h11-18,41-44,57-58H,1-10,19-36,55-56H2;2*1H. The molecule has 2 aromatic carbocycles. The molecule has 2 saturated heterocycles. The summed E-state index contributed by atoms with van der Waals surface area (Å²) < 4.78 is 10.7. The molecule has 0 aliphatic carbocycles. The van der Waals surface area contributed by atoms with Gasteiger partial charge in [0, 0.05) is 61.1 Å². The summed E-state index contributed by atoms with van der Waals surface area (Å²) in [5.74, 6) is -0.446. The smallest absolute Gasteiger partial charge is 0.323 e. The van der Waals surface area contributed by atoms with Crippen LogP contribution in [0.3, 0.4) is 0 Å². The summed E-state index contributed by atoms with van der Waals surface area (Å²) in [5.41, 5.74) is 15.9. The van der Waals surface area contributed by atoms with Crippen molar-refractivity contribution in [2.24, 2.45) is 11.5 Å². The van der Waals surface area contributed by atoms with Crippen LogP contribution < -0.4 is 31.9 Å². The van der Waals surface area contributed by atoms with Crippen LogP contribution in [0.15, 0.2) is 48.5 Å². The lowest BCUT2D eigenvalue weighted by Crippen LogP contribution is -2.41. The monoisotopic (exact) mass is 1130 g/mol. The second-order valence-corrected chi connectivity index (χ2v) is 19.3. The van der Waals surface area contributed by atoms with Gasteiger partial charge in [0.05, 0.1) is 38.0 Å². The second kappa shape index (κ2) is 36.7. The van der Waals surface area contributed by atoms with Gasteiger partial charge in [0.25, 0.3) is 0 Å². The molecule has 0 aromatic heterocycles. The summed E-state index contributed by atoms with van der Waals surface area (Å²) in [7, 11) is 0. The van der Waals surface area contributed by atoms with E-state index in [-0.39, 0.29) is 100 Å². The van der Waals surface area contributed by atoms with E-state index in [0.29, 0.717) is 62.8 Å². The minimum Gasteiger partial charge on any atom is -0.463 e. The number of alkyl halides is 4. The Hall–Kier alpha value is -3.16. The molecule has 2 aromatic rings. The Labute approximate surface area is 458 Å². The largest absolute Gasteiger partial charge is 0.463 e. The van der Waals surface area contributed by atoms with Gasteiger partial charge in [-0.3, -0.25) is 38.6 Å². The van der Waals surface area contributed by atoms with Crippen molar-refractivity contribution in [2.75, 3.05) is 98.9 Å². The number of carbonyl (C=O) groups excluding carboxylic acids is 6. The first-order chi connectivity index (χ1) is 33.9. The summed E-state index contributed by atoms with van der Waals surface area (Å²) in [6.07, 6.45) is 11.4. The lowest BCUT2D eigenvalue weighted by atomic mass is 10.1. The number of hydrogen-bond donors (Lipinski definition) is 4. The Kier molecular flexibility index (Phi) is 33.1. The van der Waals surface area contributed by atoms with Gasteiger partial charge in [-0.05, 0) is 74.2 Å². The maximum absolute atomic E-state index is 12.9. The molecule has 2 heterocycles. The van der Waals surface area contributed by atoms with Gasteiger partial charge in [0.1, 0.15) is 25.3 Å². The molecule has 6 N–H and O–H groups in total. The molecule has 2 aliphatic heterocycles. The highest BCUT2D eigenvalue weighted by atomic mass is 35.5. The number of rotatable bonds is 37. The van der Waals surface area contributed by atoms with Crippen LogP contribution in [0.5, 0.6) is 0 Å². The quantitative estimate of drug-likeness (QED) is 0.0267. The predicted molar refractivity (Wildman–Crippen MR) is 292 cm³/mol. The number of carbonyl (C=O) groups is 6. The second-order valence-electron chi connectivity index (χ2n) is 17.7. The molecule has 72 heavy (non-hydrogen) atoms. The normalized spacial score (nSPS) is 16.4. The van der Waals surface area contributed by atoms with Crippen LogP contribution in [0.1, 0.15) is 88.2 Å². The SMILES string of the molecule is Cl.Cl.NC(Cc1ccc(N(CCCl)CCCl)cc1)C(=O)OCCN1C(=O)CC(NCCCCCCCCCCCCNC2CC(=O)N(CCOC(=O)C(N)Cc3ccc(N(CCCl)CCCl)cc3)C2=O)C1=O. The van der Waals surface area contributed by atoms with E-state index in [4.69, 9.17) is 67.3 Å². The van der Waals surface area contributed by atoms with Crippen LogP contribution in [0.2, 0.25) is 0 Å². The Balaban J connectivity index is 0.00000888. The summed E-state index contributed by atoms with van der Waals surface area (Å²) in [6, 6.07) is 12.5. The number of likely N-dealkylation sites (tertiary alicyclic amines) is 2. The topological polar surface area (TPSA) is 210 Å². The highest BCUT2D eigenvalue weighted by Crippen LogP contribution is 2.20. The molecule has 4 rings (SSSR count). The van der Waals surface area contributed by atoms with E-state index < -0.39 is 36.1 Å². The van der Waals surface area contributed by atoms with E-state index in [9.17, 15) is 28.8 Å². The van der Waals surface area contributed by atoms with Crippen molar-refractivity contribution in [1.82, 2.24) is 20.4 Å². The van der Waals surface area contributed by atoms with E-state index in [1.54, 1.807) is 0 Å². The fraction of sp³-hybridized carbons (Fsp3) is 0.640. The Bertz CT molecular complexity index is 1780. The first-order valence-corrected chi connectivity index (χ1v) is 27.0. The average molecular weight is 1130 g/mol. The van der Waals surface area contributed by atoms with Crippen molar-refractivity contribution in [3.8, 4) is 0 Å². The maximum Gasteiger partial charge on any atom is 0.323 e. The van der Waals surface area contributed by atoms with Crippen molar-refractivity contribution in [3.63, 3.8) is 0 Å². The van der Waals surface area contributed by atoms with Crippen LogP contribution in [-0.2, 0) is 51.1 Å². The van der Waals surface area contributed by atoms with Gasteiger partial charge in [0.15, 0.2) is 0 Å². The van der Waals surface area contributed by atoms with E-state index in [0.717, 1.165) is 96.5 Å². The van der Waals surface area contributed by atoms with Gasteiger partial charge < -0.3 is 41.4 Å². The van der Waals surface area contributed by atoms with Gasteiger partial charge >= 0.3 is 11.9 Å². The van der Waals surface area contributed by atoms with Gasteiger partial charge in [0.2, 0.25) is 23.6 Å². The number of nitrogens with one attached hydrogen (secondary N) is 2. The first-order valence-electron chi connectivity index (χ1n) is 24.8. The number of anilines is 2. The summed E-state index contributed by atoms with van der Waals surface area (Å²) in [4.78, 5) is 82.7. The Morgan fingerprint density at radius 2 is 0.847 bits per heavy atom. The van der Waals surface area contributed by atoms with Crippen LogP contribution in [0, 0.1) is 0 Å². The van der Waals surface area contributed by atoms with Gasteiger partial charge in [-0.25, -0.2) is 0 Å². The molecule has 0 spiro atoms. The highest BCUT2D eigenvalue weighted by molar-refractivity contribution is 6.19. The van der Waals surface area contributed by atoms with E-state index in [1.165, 1.54) is 0 Å². The zero-order chi connectivity index (χ0) is 50.7. The number of nitrogens with zero attached hydrogens (tertiary/aromatic N) is 4. The highest BCUT2D eigenvalue weighted by Gasteiger charge is 2.39. The van der Waals surface area contributed by atoms with Gasteiger partial charge in [-0.15, -0.1) is 71.2 Å². The van der Waals surface area contributed by atoms with Crippen molar-refractivity contribution in [2.45, 2.75) is 114 Å². The zero-order valence-electron chi connectivity index (χ0n) is 41.3. The average Bonchev–Trinajstić information content (AvgIpc) is 3.78. The zero-order valence-corrected chi connectivity index (χ0v) is 45.9. The molecular formula is C50H76Cl6N8O8. The minimum absolute atomic E-state index is 0. The number of amides is 4. The predicted octanol–water partition coefficient (Wildman–Crippen LogP) is 5.96. The van der Waals surface area contributed by atoms with E-state index in [1.807, 2.05) is 48.5 Å². The molecule has 4 unspecified atom stereocenters. The van der Waals surface area contributed by atoms with Gasteiger partial charge in [-0.1, -0.05) is 75.6 Å². The molecule has 406 valence electrons. The molecule has 4 amide bonds. The molecular weight excluding hydrogens is 1050 g/mol. The minimum atomic E-state index is -0.886. The molecule has 2 fully saturated rings.